The molecule has 5 atom stereocenters. The summed E-state index contributed by atoms with van der Waals surface area (Å²) in [6.45, 7) is 0.265. The number of aliphatic hydroxyl groups is 2. The van der Waals surface area contributed by atoms with Crippen LogP contribution >= 0.6 is 0 Å². The van der Waals surface area contributed by atoms with E-state index in [-0.39, 0.29) is 18.7 Å². The quantitative estimate of drug-likeness (QED) is 0.587. The molecule has 0 spiro atoms. The molecule has 4 unspecified atom stereocenters. The van der Waals surface area contributed by atoms with Crippen molar-refractivity contribution in [2.45, 2.75) is 37.3 Å². The number of fused-ring (bicyclic) bond motifs is 1. The Labute approximate surface area is 167 Å². The van der Waals surface area contributed by atoms with Crippen molar-refractivity contribution in [1.29, 1.82) is 0 Å². The topological polar surface area (TPSA) is 121 Å². The van der Waals surface area contributed by atoms with Crippen molar-refractivity contribution in [3.63, 3.8) is 0 Å². The lowest BCUT2D eigenvalue weighted by molar-refractivity contribution is -0.384. The van der Waals surface area contributed by atoms with Gasteiger partial charge in [-0.25, -0.2) is 0 Å². The van der Waals surface area contributed by atoms with Crippen LogP contribution in [0.1, 0.15) is 18.3 Å². The maximum atomic E-state index is 10.7. The predicted molar refractivity (Wildman–Crippen MR) is 101 cm³/mol. The second-order valence-corrected chi connectivity index (χ2v) is 6.45. The lowest BCUT2D eigenvalue weighted by atomic mass is 10.0. The number of hydrogen-bond donors (Lipinski definition) is 2. The number of nitrogens with zero attached hydrogens (tertiary/aromatic N) is 1. The van der Waals surface area contributed by atoms with Crippen molar-refractivity contribution < 1.29 is 34.1 Å². The summed E-state index contributed by atoms with van der Waals surface area (Å²) in [5, 5.41) is 28.2. The number of nitro benzene ring substituents is 1. The number of rotatable bonds is 4. The Hall–Kier alpha value is -2.56. The molecule has 4 rings (SSSR count). The Balaban J connectivity index is 0.00000117. The highest BCUT2D eigenvalue weighted by Crippen LogP contribution is 2.34. The fourth-order valence-electron chi connectivity index (χ4n) is 3.24. The molecule has 156 valence electrons. The van der Waals surface area contributed by atoms with E-state index in [2.05, 4.69) is 0 Å². The molecule has 0 radical (unpaired) electrons. The summed E-state index contributed by atoms with van der Waals surface area (Å²) in [5.41, 5.74) is 0.862. The van der Waals surface area contributed by atoms with Crippen molar-refractivity contribution in [1.82, 2.24) is 0 Å². The highest BCUT2D eigenvalue weighted by atomic mass is 16.7. The molecule has 2 saturated heterocycles. The first-order chi connectivity index (χ1) is 14.1. The van der Waals surface area contributed by atoms with Crippen molar-refractivity contribution >= 4 is 5.69 Å². The first-order valence-corrected chi connectivity index (χ1v) is 9.11. The monoisotopic (exact) mass is 405 g/mol. The van der Waals surface area contributed by atoms with Crippen molar-refractivity contribution in [3.05, 3.63) is 70.3 Å². The molecular formula is C20H23NO8. The summed E-state index contributed by atoms with van der Waals surface area (Å²) in [4.78, 5) is 10.2. The van der Waals surface area contributed by atoms with Crippen LogP contribution in [0.5, 0.6) is 5.75 Å². The summed E-state index contributed by atoms with van der Waals surface area (Å²) >= 11 is 0. The second kappa shape index (κ2) is 9.77. The van der Waals surface area contributed by atoms with Crippen LogP contribution in [0.4, 0.5) is 5.69 Å². The number of ether oxygens (including phenoxy) is 4. The summed E-state index contributed by atoms with van der Waals surface area (Å²) in [6, 6.07) is 15.2. The molecule has 2 fully saturated rings. The second-order valence-electron chi connectivity index (χ2n) is 6.45. The molecule has 2 aliphatic rings. The van der Waals surface area contributed by atoms with Gasteiger partial charge in [-0.05, 0) is 12.1 Å². The molecule has 0 amide bonds. The Kier molecular flexibility index (Phi) is 7.13. The van der Waals surface area contributed by atoms with E-state index in [0.717, 1.165) is 12.7 Å². The van der Waals surface area contributed by atoms with E-state index in [0.29, 0.717) is 5.75 Å². The van der Waals surface area contributed by atoms with Gasteiger partial charge in [0, 0.05) is 31.2 Å². The van der Waals surface area contributed by atoms with E-state index in [4.69, 9.17) is 24.1 Å². The van der Waals surface area contributed by atoms with E-state index in [1.54, 1.807) is 0 Å². The maximum absolute atomic E-state index is 10.7. The third kappa shape index (κ3) is 5.08. The number of aliphatic hydroxyl groups excluding tert-OH is 2. The third-order valence-electron chi connectivity index (χ3n) is 4.59. The van der Waals surface area contributed by atoms with E-state index in [9.17, 15) is 15.2 Å². The molecule has 2 N–H and O–H groups in total. The van der Waals surface area contributed by atoms with Gasteiger partial charge in [-0.1, -0.05) is 30.3 Å². The SMILES string of the molecule is CO.O=[N+]([O-])c1ccc(O[C@H]2CC(O)C3OC(c4ccccc4)OCC3O2)cc1. The van der Waals surface area contributed by atoms with Crippen LogP contribution in [0, 0.1) is 10.1 Å². The number of non-ortho nitro benzene ring substituents is 1. The van der Waals surface area contributed by atoms with Crippen LogP contribution in [0.25, 0.3) is 0 Å². The Morgan fingerprint density at radius 1 is 1.07 bits per heavy atom. The number of nitro groups is 1. The Morgan fingerprint density at radius 3 is 2.41 bits per heavy atom. The molecule has 0 saturated carbocycles. The lowest BCUT2D eigenvalue weighted by Gasteiger charge is -2.44. The smallest absolute Gasteiger partial charge is 0.269 e. The van der Waals surface area contributed by atoms with Crippen molar-refractivity contribution in [2.24, 2.45) is 0 Å². The van der Waals surface area contributed by atoms with Gasteiger partial charge in [0.05, 0.1) is 17.6 Å². The molecule has 9 heteroatoms. The fourth-order valence-corrected chi connectivity index (χ4v) is 3.24. The highest BCUT2D eigenvalue weighted by molar-refractivity contribution is 5.36. The first-order valence-electron chi connectivity index (χ1n) is 9.11. The van der Waals surface area contributed by atoms with Crippen LogP contribution in [-0.2, 0) is 14.2 Å². The molecular weight excluding hydrogens is 382 g/mol. The van der Waals surface area contributed by atoms with Crippen LogP contribution in [0.15, 0.2) is 54.6 Å². The van der Waals surface area contributed by atoms with Gasteiger partial charge in [0.25, 0.3) is 5.69 Å². The van der Waals surface area contributed by atoms with Crippen LogP contribution in [-0.4, -0.2) is 53.5 Å². The Bertz CT molecular complexity index is 785. The standard InChI is InChI=1S/C19H19NO7.CH4O/c21-15-10-17(25-14-8-6-13(7-9-14)20(22)23)26-16-11-24-19(27-18(15)16)12-4-2-1-3-5-12;1-2/h1-9,15-19,21H,10-11H2;2H,1H3/t15?,16?,17-,18?,19?;/m1./s1. The van der Waals surface area contributed by atoms with Gasteiger partial charge < -0.3 is 29.2 Å². The molecule has 29 heavy (non-hydrogen) atoms. The average molecular weight is 405 g/mol. The van der Waals surface area contributed by atoms with E-state index < -0.39 is 35.8 Å². The zero-order chi connectivity index (χ0) is 20.8. The van der Waals surface area contributed by atoms with Gasteiger partial charge in [0.1, 0.15) is 18.0 Å². The van der Waals surface area contributed by atoms with Gasteiger partial charge in [-0.2, -0.15) is 0 Å². The summed E-state index contributed by atoms with van der Waals surface area (Å²) in [7, 11) is 1.00. The summed E-state index contributed by atoms with van der Waals surface area (Å²) in [6.07, 6.45) is -2.76. The molecule has 0 aromatic heterocycles. The van der Waals surface area contributed by atoms with E-state index in [1.807, 2.05) is 30.3 Å². The zero-order valence-electron chi connectivity index (χ0n) is 15.8. The van der Waals surface area contributed by atoms with Crippen molar-refractivity contribution in [3.8, 4) is 5.75 Å². The average Bonchev–Trinajstić information content (AvgIpc) is 2.76. The van der Waals surface area contributed by atoms with Gasteiger partial charge in [0.15, 0.2) is 6.29 Å². The molecule has 0 aliphatic carbocycles. The molecule has 2 aliphatic heterocycles. The molecule has 2 heterocycles. The summed E-state index contributed by atoms with van der Waals surface area (Å²) in [5.74, 6) is 0.427. The Morgan fingerprint density at radius 2 is 1.76 bits per heavy atom. The maximum Gasteiger partial charge on any atom is 0.269 e. The first kappa shape index (κ1) is 21.2. The third-order valence-corrected chi connectivity index (χ3v) is 4.59. The molecule has 9 nitrogen and oxygen atoms in total. The largest absolute Gasteiger partial charge is 0.465 e. The summed E-state index contributed by atoms with van der Waals surface area (Å²) < 4.78 is 23.2. The fraction of sp³-hybridized carbons (Fsp3) is 0.400. The van der Waals surface area contributed by atoms with Crippen LogP contribution < -0.4 is 4.74 Å². The highest BCUT2D eigenvalue weighted by Gasteiger charge is 2.44. The predicted octanol–water partition coefficient (Wildman–Crippen LogP) is 2.17. The number of benzene rings is 2. The van der Waals surface area contributed by atoms with Gasteiger partial charge >= 0.3 is 0 Å². The van der Waals surface area contributed by atoms with Gasteiger partial charge in [0.2, 0.25) is 6.29 Å². The van der Waals surface area contributed by atoms with Crippen LogP contribution in [0.3, 0.4) is 0 Å². The van der Waals surface area contributed by atoms with Gasteiger partial charge in [-0.15, -0.1) is 0 Å². The molecule has 0 bridgehead atoms. The molecule has 2 aromatic rings. The lowest BCUT2D eigenvalue weighted by Crippen LogP contribution is -2.55. The minimum absolute atomic E-state index is 0.0203. The van der Waals surface area contributed by atoms with E-state index >= 15 is 0 Å². The minimum Gasteiger partial charge on any atom is -0.465 e. The molecule has 2 aromatic carbocycles. The van der Waals surface area contributed by atoms with Crippen LogP contribution in [0.2, 0.25) is 0 Å². The van der Waals surface area contributed by atoms with E-state index in [1.165, 1.54) is 24.3 Å². The van der Waals surface area contributed by atoms with Gasteiger partial charge in [-0.3, -0.25) is 10.1 Å². The zero-order valence-corrected chi connectivity index (χ0v) is 15.8. The normalized spacial score (nSPS) is 28.4. The number of hydrogen-bond acceptors (Lipinski definition) is 8. The minimum atomic E-state index is -0.776. The van der Waals surface area contributed by atoms with Crippen molar-refractivity contribution in [2.75, 3.05) is 13.7 Å².